The number of para-hydroxylation sites is 2. The molecule has 2 amide bonds. The molecule has 0 bridgehead atoms. The lowest BCUT2D eigenvalue weighted by atomic mass is 9.80. The molecule has 1 N–H and O–H groups in total. The van der Waals surface area contributed by atoms with Crippen LogP contribution < -0.4 is 14.8 Å². The quantitative estimate of drug-likeness (QED) is 0.907. The highest BCUT2D eigenvalue weighted by molar-refractivity contribution is 5.91. The van der Waals surface area contributed by atoms with E-state index in [4.69, 9.17) is 9.47 Å². The van der Waals surface area contributed by atoms with Gasteiger partial charge in [0.15, 0.2) is 17.6 Å². The van der Waals surface area contributed by atoms with E-state index in [2.05, 4.69) is 5.32 Å². The maximum absolute atomic E-state index is 13.1. The summed E-state index contributed by atoms with van der Waals surface area (Å²) < 4.78 is 11.7. The molecule has 1 saturated carbocycles. The molecule has 6 nitrogen and oxygen atoms in total. The number of likely N-dealkylation sites (N-methyl/N-ethyl adjacent to an activating group) is 1. The molecule has 136 valence electrons. The van der Waals surface area contributed by atoms with Gasteiger partial charge in [0, 0.05) is 14.0 Å². The lowest BCUT2D eigenvalue weighted by Gasteiger charge is -2.40. The van der Waals surface area contributed by atoms with Crippen molar-refractivity contribution in [3.63, 3.8) is 0 Å². The van der Waals surface area contributed by atoms with Gasteiger partial charge in [-0.1, -0.05) is 31.4 Å². The van der Waals surface area contributed by atoms with Crippen LogP contribution in [0.15, 0.2) is 24.3 Å². The number of nitrogens with one attached hydrogen (secondary N) is 1. The fourth-order valence-corrected chi connectivity index (χ4v) is 3.79. The highest BCUT2D eigenvalue weighted by Gasteiger charge is 2.42. The zero-order chi connectivity index (χ0) is 17.9. The van der Waals surface area contributed by atoms with Crippen molar-refractivity contribution in [3.05, 3.63) is 24.3 Å². The molecule has 1 aromatic carbocycles. The number of benzene rings is 1. The van der Waals surface area contributed by atoms with Crippen molar-refractivity contribution in [1.29, 1.82) is 0 Å². The van der Waals surface area contributed by atoms with Crippen LogP contribution in [-0.4, -0.2) is 48.6 Å². The Morgan fingerprint density at radius 3 is 2.56 bits per heavy atom. The highest BCUT2D eigenvalue weighted by Crippen LogP contribution is 2.32. The maximum Gasteiger partial charge on any atom is 0.248 e. The molecular weight excluding hydrogens is 320 g/mol. The molecule has 1 heterocycles. The Kier molecular flexibility index (Phi) is 5.16. The lowest BCUT2D eigenvalue weighted by molar-refractivity contribution is -0.143. The van der Waals surface area contributed by atoms with Crippen molar-refractivity contribution in [2.24, 2.45) is 0 Å². The molecule has 1 aromatic rings. The molecule has 25 heavy (non-hydrogen) atoms. The molecule has 3 rings (SSSR count). The predicted molar refractivity (Wildman–Crippen MR) is 93.6 cm³/mol. The summed E-state index contributed by atoms with van der Waals surface area (Å²) >= 11 is 0. The third-order valence-electron chi connectivity index (χ3n) is 4.92. The molecular formula is C19H26N2O4. The molecule has 1 atom stereocenters. The normalized spacial score (nSPS) is 21.3. The second kappa shape index (κ2) is 7.33. The summed E-state index contributed by atoms with van der Waals surface area (Å²) in [4.78, 5) is 26.4. The number of ether oxygens (including phenoxy) is 2. The van der Waals surface area contributed by atoms with Gasteiger partial charge in [-0.25, -0.2) is 0 Å². The molecule has 0 saturated heterocycles. The van der Waals surface area contributed by atoms with Crippen LogP contribution >= 0.6 is 0 Å². The monoisotopic (exact) mass is 346 g/mol. The average molecular weight is 346 g/mol. The molecule has 1 unspecified atom stereocenters. The van der Waals surface area contributed by atoms with Crippen molar-refractivity contribution in [3.8, 4) is 11.5 Å². The van der Waals surface area contributed by atoms with Gasteiger partial charge in [-0.15, -0.1) is 0 Å². The SMILES string of the molecule is CC(=O)NC1(C(=O)N(C)CC2COc3ccccc3O2)CCCCC1. The Bertz CT molecular complexity index is 640. The van der Waals surface area contributed by atoms with Crippen molar-refractivity contribution in [2.45, 2.75) is 50.7 Å². The van der Waals surface area contributed by atoms with E-state index in [-0.39, 0.29) is 17.9 Å². The van der Waals surface area contributed by atoms with Crippen molar-refractivity contribution < 1.29 is 19.1 Å². The van der Waals surface area contributed by atoms with E-state index in [0.717, 1.165) is 25.0 Å². The zero-order valence-corrected chi connectivity index (χ0v) is 14.9. The van der Waals surface area contributed by atoms with E-state index in [1.807, 2.05) is 24.3 Å². The highest BCUT2D eigenvalue weighted by atomic mass is 16.6. The summed E-state index contributed by atoms with van der Waals surface area (Å²) in [6, 6.07) is 7.53. The first-order chi connectivity index (χ1) is 12.0. The molecule has 1 fully saturated rings. The van der Waals surface area contributed by atoms with Crippen LogP contribution in [0.4, 0.5) is 0 Å². The number of nitrogens with zero attached hydrogens (tertiary/aromatic N) is 1. The number of carbonyl (C=O) groups excluding carboxylic acids is 2. The molecule has 0 radical (unpaired) electrons. The predicted octanol–water partition coefficient (Wildman–Crippen LogP) is 2.12. The van der Waals surface area contributed by atoms with Crippen molar-refractivity contribution >= 4 is 11.8 Å². The molecule has 0 spiro atoms. The Morgan fingerprint density at radius 1 is 1.20 bits per heavy atom. The van der Waals surface area contributed by atoms with Gasteiger partial charge in [0.2, 0.25) is 11.8 Å². The van der Waals surface area contributed by atoms with Gasteiger partial charge in [0.25, 0.3) is 0 Å². The van der Waals surface area contributed by atoms with E-state index >= 15 is 0 Å². The van der Waals surface area contributed by atoms with Crippen LogP contribution in [0.25, 0.3) is 0 Å². The molecule has 2 aliphatic rings. The summed E-state index contributed by atoms with van der Waals surface area (Å²) in [5.41, 5.74) is -0.772. The largest absolute Gasteiger partial charge is 0.486 e. The van der Waals surface area contributed by atoms with Gasteiger partial charge < -0.3 is 19.7 Å². The molecule has 1 aliphatic heterocycles. The fourth-order valence-electron chi connectivity index (χ4n) is 3.79. The first-order valence-corrected chi connectivity index (χ1v) is 8.93. The summed E-state index contributed by atoms with van der Waals surface area (Å²) in [6.45, 7) is 2.30. The molecule has 6 heteroatoms. The van der Waals surface area contributed by atoms with Crippen molar-refractivity contribution in [2.75, 3.05) is 20.2 Å². The Balaban J connectivity index is 1.66. The van der Waals surface area contributed by atoms with Gasteiger partial charge in [-0.05, 0) is 25.0 Å². The Labute approximate surface area is 148 Å². The first-order valence-electron chi connectivity index (χ1n) is 8.93. The smallest absolute Gasteiger partial charge is 0.248 e. The number of fused-ring (bicyclic) bond motifs is 1. The fraction of sp³-hybridized carbons (Fsp3) is 0.579. The van der Waals surface area contributed by atoms with Crippen LogP contribution in [0, 0.1) is 0 Å². The average Bonchev–Trinajstić information content (AvgIpc) is 2.61. The Hall–Kier alpha value is -2.24. The Morgan fingerprint density at radius 2 is 1.88 bits per heavy atom. The van der Waals surface area contributed by atoms with Crippen molar-refractivity contribution in [1.82, 2.24) is 10.2 Å². The number of rotatable bonds is 4. The third kappa shape index (κ3) is 3.89. The minimum atomic E-state index is -0.772. The van der Waals surface area contributed by atoms with Crippen LogP contribution in [0.1, 0.15) is 39.0 Å². The summed E-state index contributed by atoms with van der Waals surface area (Å²) in [7, 11) is 1.77. The summed E-state index contributed by atoms with van der Waals surface area (Å²) in [5, 5.41) is 2.93. The van der Waals surface area contributed by atoms with Gasteiger partial charge in [0.1, 0.15) is 12.1 Å². The topological polar surface area (TPSA) is 67.9 Å². The van der Waals surface area contributed by atoms with E-state index in [1.54, 1.807) is 11.9 Å². The van der Waals surface area contributed by atoms with E-state index < -0.39 is 5.54 Å². The van der Waals surface area contributed by atoms with E-state index in [0.29, 0.717) is 31.7 Å². The minimum Gasteiger partial charge on any atom is -0.486 e. The van der Waals surface area contributed by atoms with E-state index in [9.17, 15) is 9.59 Å². The van der Waals surface area contributed by atoms with Gasteiger partial charge >= 0.3 is 0 Å². The zero-order valence-electron chi connectivity index (χ0n) is 14.9. The standard InChI is InChI=1S/C19H26N2O4/c1-14(22)20-19(10-6-3-7-11-19)18(23)21(2)12-15-13-24-16-8-4-5-9-17(16)25-15/h4-5,8-9,15H,3,6-7,10-13H2,1-2H3,(H,20,22). The maximum atomic E-state index is 13.1. The third-order valence-corrected chi connectivity index (χ3v) is 4.92. The number of carbonyl (C=O) groups is 2. The van der Waals surface area contributed by atoms with Gasteiger partial charge in [0.05, 0.1) is 6.54 Å². The van der Waals surface area contributed by atoms with Crippen LogP contribution in [0.2, 0.25) is 0 Å². The van der Waals surface area contributed by atoms with E-state index in [1.165, 1.54) is 6.92 Å². The first kappa shape index (κ1) is 17.6. The van der Waals surface area contributed by atoms with Crippen LogP contribution in [0.3, 0.4) is 0 Å². The summed E-state index contributed by atoms with van der Waals surface area (Å²) in [6.07, 6.45) is 4.18. The molecule has 0 aromatic heterocycles. The second-order valence-electron chi connectivity index (χ2n) is 7.01. The minimum absolute atomic E-state index is 0.0372. The van der Waals surface area contributed by atoms with Gasteiger partial charge in [-0.3, -0.25) is 9.59 Å². The second-order valence-corrected chi connectivity index (χ2v) is 7.01. The van der Waals surface area contributed by atoms with Crippen LogP contribution in [0.5, 0.6) is 11.5 Å². The van der Waals surface area contributed by atoms with Gasteiger partial charge in [-0.2, -0.15) is 0 Å². The lowest BCUT2D eigenvalue weighted by Crippen LogP contribution is -2.60. The van der Waals surface area contributed by atoms with Crippen LogP contribution in [-0.2, 0) is 9.59 Å². The molecule has 1 aliphatic carbocycles. The summed E-state index contributed by atoms with van der Waals surface area (Å²) in [5.74, 6) is 1.24. The number of hydrogen-bond donors (Lipinski definition) is 1. The number of amides is 2. The number of hydrogen-bond acceptors (Lipinski definition) is 4.